The normalized spacial score (nSPS) is 22.1. The molecule has 3 fully saturated rings. The lowest BCUT2D eigenvalue weighted by Gasteiger charge is -2.43. The van der Waals surface area contributed by atoms with Crippen LogP contribution in [-0.2, 0) is 24.1 Å². The summed E-state index contributed by atoms with van der Waals surface area (Å²) in [5, 5.41) is 0. The SMILES string of the molecule is O=C(Cc1ccccc1C1CCCC1)N1CCc2cnc(N3CCN(C4CCC4)CC3)nc2CC1. The fourth-order valence-corrected chi connectivity index (χ4v) is 6.51. The maximum Gasteiger partial charge on any atom is 0.227 e. The minimum atomic E-state index is 0.253. The van der Waals surface area contributed by atoms with Crippen molar-refractivity contribution >= 4 is 11.9 Å². The zero-order chi connectivity index (χ0) is 23.6. The van der Waals surface area contributed by atoms with E-state index in [1.807, 2.05) is 6.20 Å². The topological polar surface area (TPSA) is 52.6 Å². The number of benzene rings is 1. The molecule has 1 amide bonds. The smallest absolute Gasteiger partial charge is 0.227 e. The quantitative estimate of drug-likeness (QED) is 0.658. The molecule has 0 atom stereocenters. The lowest BCUT2D eigenvalue weighted by molar-refractivity contribution is -0.130. The lowest BCUT2D eigenvalue weighted by atomic mass is 9.91. The monoisotopic (exact) mass is 473 g/mol. The molecule has 1 aromatic carbocycles. The highest BCUT2D eigenvalue weighted by Crippen LogP contribution is 2.36. The number of fused-ring (bicyclic) bond motifs is 1. The Morgan fingerprint density at radius 3 is 2.43 bits per heavy atom. The summed E-state index contributed by atoms with van der Waals surface area (Å²) in [5.41, 5.74) is 4.99. The van der Waals surface area contributed by atoms with Crippen LogP contribution in [0.5, 0.6) is 0 Å². The molecule has 0 unspecified atom stereocenters. The molecule has 3 heterocycles. The average molecular weight is 474 g/mol. The minimum Gasteiger partial charge on any atom is -0.342 e. The Morgan fingerprint density at radius 1 is 0.886 bits per heavy atom. The molecule has 2 aliphatic heterocycles. The largest absolute Gasteiger partial charge is 0.342 e. The summed E-state index contributed by atoms with van der Waals surface area (Å²) in [6.45, 7) is 5.79. The summed E-state index contributed by atoms with van der Waals surface area (Å²) >= 11 is 0. The second-order valence-electron chi connectivity index (χ2n) is 11.0. The van der Waals surface area contributed by atoms with Crippen LogP contribution in [0.1, 0.15) is 73.2 Å². The van der Waals surface area contributed by atoms with E-state index in [0.29, 0.717) is 12.3 Å². The van der Waals surface area contributed by atoms with Crippen LogP contribution in [-0.4, -0.2) is 71.0 Å². The number of carbonyl (C=O) groups excluding carboxylic acids is 1. The predicted octanol–water partition coefficient (Wildman–Crippen LogP) is 3.98. The van der Waals surface area contributed by atoms with E-state index >= 15 is 0 Å². The highest BCUT2D eigenvalue weighted by atomic mass is 16.2. The first-order valence-corrected chi connectivity index (χ1v) is 13.9. The summed E-state index contributed by atoms with van der Waals surface area (Å²) < 4.78 is 0. The van der Waals surface area contributed by atoms with Gasteiger partial charge in [0.2, 0.25) is 11.9 Å². The maximum absolute atomic E-state index is 13.3. The third-order valence-electron chi connectivity index (χ3n) is 8.94. The standard InChI is InChI=1S/C29H39N5O/c35-28(20-23-8-3-4-11-26(23)22-6-1-2-7-22)33-14-12-24-21-30-29(31-27(24)13-15-33)34-18-16-32(17-19-34)25-9-5-10-25/h3-4,8,11,21-22,25H,1-2,5-7,9-10,12-20H2. The van der Waals surface area contributed by atoms with Crippen LogP contribution in [0.15, 0.2) is 30.5 Å². The predicted molar refractivity (Wildman–Crippen MR) is 139 cm³/mol. The van der Waals surface area contributed by atoms with Gasteiger partial charge in [0, 0.05) is 57.9 Å². The molecule has 6 nitrogen and oxygen atoms in total. The molecule has 2 aliphatic carbocycles. The fraction of sp³-hybridized carbons (Fsp3) is 0.621. The first kappa shape index (κ1) is 23.0. The molecule has 4 aliphatic rings. The molecular formula is C29H39N5O. The molecule has 2 aromatic rings. The van der Waals surface area contributed by atoms with Gasteiger partial charge in [-0.3, -0.25) is 9.69 Å². The number of carbonyl (C=O) groups is 1. The molecule has 1 saturated heterocycles. The van der Waals surface area contributed by atoms with Crippen molar-refractivity contribution in [3.05, 3.63) is 52.8 Å². The summed E-state index contributed by atoms with van der Waals surface area (Å²) in [6, 6.07) is 9.45. The van der Waals surface area contributed by atoms with Gasteiger partial charge in [0.25, 0.3) is 0 Å². The van der Waals surface area contributed by atoms with Gasteiger partial charge < -0.3 is 9.80 Å². The highest BCUT2D eigenvalue weighted by Gasteiger charge is 2.29. The summed E-state index contributed by atoms with van der Waals surface area (Å²) in [6.07, 6.45) is 13.5. The Balaban J connectivity index is 1.08. The summed E-state index contributed by atoms with van der Waals surface area (Å²) in [4.78, 5) is 30.2. The van der Waals surface area contributed by atoms with Gasteiger partial charge in [-0.05, 0) is 54.7 Å². The number of nitrogens with zero attached hydrogens (tertiary/aromatic N) is 5. The third-order valence-corrected chi connectivity index (χ3v) is 8.94. The van der Waals surface area contributed by atoms with Crippen molar-refractivity contribution in [3.63, 3.8) is 0 Å². The van der Waals surface area contributed by atoms with Crippen LogP contribution in [0.25, 0.3) is 0 Å². The van der Waals surface area contributed by atoms with Crippen LogP contribution >= 0.6 is 0 Å². The molecule has 0 bridgehead atoms. The first-order valence-electron chi connectivity index (χ1n) is 13.9. The van der Waals surface area contributed by atoms with Crippen LogP contribution < -0.4 is 4.90 Å². The van der Waals surface area contributed by atoms with Gasteiger partial charge in [-0.1, -0.05) is 43.5 Å². The number of rotatable bonds is 5. The van der Waals surface area contributed by atoms with E-state index < -0.39 is 0 Å². The molecule has 2 saturated carbocycles. The van der Waals surface area contributed by atoms with Crippen molar-refractivity contribution in [1.82, 2.24) is 19.8 Å². The number of hydrogen-bond donors (Lipinski definition) is 0. The minimum absolute atomic E-state index is 0.253. The van der Waals surface area contributed by atoms with Crippen LogP contribution in [0.3, 0.4) is 0 Å². The second-order valence-corrected chi connectivity index (χ2v) is 11.0. The molecule has 35 heavy (non-hydrogen) atoms. The Hall–Kier alpha value is -2.47. The first-order chi connectivity index (χ1) is 17.2. The number of anilines is 1. The highest BCUT2D eigenvalue weighted by molar-refractivity contribution is 5.79. The lowest BCUT2D eigenvalue weighted by Crippen LogP contribution is -2.52. The van der Waals surface area contributed by atoms with Crippen LogP contribution in [0.4, 0.5) is 5.95 Å². The molecule has 0 spiro atoms. The second kappa shape index (κ2) is 10.3. The van der Waals surface area contributed by atoms with E-state index in [4.69, 9.17) is 9.97 Å². The van der Waals surface area contributed by atoms with Crippen molar-refractivity contribution in [3.8, 4) is 0 Å². The van der Waals surface area contributed by atoms with E-state index in [1.165, 1.54) is 61.6 Å². The van der Waals surface area contributed by atoms with E-state index in [-0.39, 0.29) is 5.91 Å². The van der Waals surface area contributed by atoms with Gasteiger partial charge in [-0.15, -0.1) is 0 Å². The van der Waals surface area contributed by atoms with E-state index in [9.17, 15) is 4.79 Å². The van der Waals surface area contributed by atoms with Gasteiger partial charge in [-0.25, -0.2) is 9.97 Å². The van der Waals surface area contributed by atoms with Crippen molar-refractivity contribution in [2.24, 2.45) is 0 Å². The van der Waals surface area contributed by atoms with E-state index in [1.54, 1.807) is 0 Å². The molecule has 186 valence electrons. The third kappa shape index (κ3) is 4.95. The van der Waals surface area contributed by atoms with Gasteiger partial charge in [-0.2, -0.15) is 0 Å². The Labute approximate surface area is 209 Å². The van der Waals surface area contributed by atoms with E-state index in [0.717, 1.165) is 69.8 Å². The van der Waals surface area contributed by atoms with Gasteiger partial charge >= 0.3 is 0 Å². The van der Waals surface area contributed by atoms with Gasteiger partial charge in [0.1, 0.15) is 0 Å². The molecular weight excluding hydrogens is 434 g/mol. The number of amides is 1. The molecule has 0 N–H and O–H groups in total. The fourth-order valence-electron chi connectivity index (χ4n) is 6.51. The van der Waals surface area contributed by atoms with Crippen molar-refractivity contribution in [1.29, 1.82) is 0 Å². The maximum atomic E-state index is 13.3. The van der Waals surface area contributed by atoms with E-state index in [2.05, 4.69) is 39.0 Å². The van der Waals surface area contributed by atoms with Gasteiger partial charge in [0.05, 0.1) is 12.1 Å². The Morgan fingerprint density at radius 2 is 1.66 bits per heavy atom. The average Bonchev–Trinajstić information content (AvgIpc) is 3.30. The zero-order valence-corrected chi connectivity index (χ0v) is 21.0. The number of hydrogen-bond acceptors (Lipinski definition) is 5. The van der Waals surface area contributed by atoms with Crippen molar-refractivity contribution in [2.45, 2.75) is 76.2 Å². The van der Waals surface area contributed by atoms with Crippen LogP contribution in [0, 0.1) is 0 Å². The summed E-state index contributed by atoms with van der Waals surface area (Å²) in [7, 11) is 0. The van der Waals surface area contributed by atoms with Gasteiger partial charge in [0.15, 0.2) is 0 Å². The van der Waals surface area contributed by atoms with Crippen molar-refractivity contribution in [2.75, 3.05) is 44.2 Å². The molecule has 1 aromatic heterocycles. The molecule has 0 radical (unpaired) electrons. The Bertz CT molecular complexity index is 1040. The number of piperazine rings is 1. The number of aromatic nitrogens is 2. The van der Waals surface area contributed by atoms with Crippen molar-refractivity contribution < 1.29 is 4.79 Å². The Kier molecular flexibility index (Phi) is 6.73. The zero-order valence-electron chi connectivity index (χ0n) is 21.0. The molecule has 6 heteroatoms. The van der Waals surface area contributed by atoms with Crippen LogP contribution in [0.2, 0.25) is 0 Å². The molecule has 6 rings (SSSR count). The summed E-state index contributed by atoms with van der Waals surface area (Å²) in [5.74, 6) is 1.77.